The lowest BCUT2D eigenvalue weighted by Gasteiger charge is -2.19. The fourth-order valence-electron chi connectivity index (χ4n) is 2.44. The molecule has 8 heteroatoms. The first-order valence-corrected chi connectivity index (χ1v) is 8.42. The number of nitrogens with zero attached hydrogens (tertiary/aromatic N) is 1. The Morgan fingerprint density at radius 1 is 1.22 bits per heavy atom. The largest absolute Gasteiger partial charge is 0.496 e. The second kappa shape index (κ2) is 9.23. The molecule has 2 aromatic rings. The highest BCUT2D eigenvalue weighted by Crippen LogP contribution is 2.22. The van der Waals surface area contributed by atoms with Crippen molar-refractivity contribution in [3.05, 3.63) is 63.9 Å². The Morgan fingerprint density at radius 2 is 1.96 bits per heavy atom. The monoisotopic (exact) mass is 394 g/mol. The average molecular weight is 395 g/mol. The van der Waals surface area contributed by atoms with E-state index in [1.165, 1.54) is 38.3 Å². The Balaban J connectivity index is 2.03. The van der Waals surface area contributed by atoms with E-state index < -0.39 is 17.8 Å². The zero-order valence-electron chi connectivity index (χ0n) is 15.2. The van der Waals surface area contributed by atoms with Crippen LogP contribution < -0.4 is 10.1 Å². The van der Waals surface area contributed by atoms with Gasteiger partial charge in [-0.2, -0.15) is 0 Å². The molecule has 1 N–H and O–H groups in total. The molecule has 0 aromatic heterocycles. The van der Waals surface area contributed by atoms with Gasteiger partial charge in [-0.05, 0) is 29.8 Å². The summed E-state index contributed by atoms with van der Waals surface area (Å²) in [7, 11) is 4.26. The molecular weight excluding hydrogens is 375 g/mol. The fraction of sp³-hybridized carbons (Fsp3) is 0.263. The number of carbonyl (C=O) groups excluding carboxylic acids is 2. The number of hydrogen-bond acceptors (Lipinski definition) is 4. The molecule has 0 bridgehead atoms. The van der Waals surface area contributed by atoms with E-state index in [0.29, 0.717) is 11.3 Å². The number of hydrogen-bond donors (Lipinski definition) is 1. The standard InChI is InChI=1S/C19H20ClFN2O4/c1-23(11-14-15(20)5-4-6-16(14)21)19(25)22-10-12-7-8-17(26-2)13(9-12)18(24)27-3/h4-9H,10-11H2,1-3H3,(H,22,25). The third kappa shape index (κ3) is 5.10. The summed E-state index contributed by atoms with van der Waals surface area (Å²) in [5, 5.41) is 2.97. The molecule has 2 amide bonds. The smallest absolute Gasteiger partial charge is 0.341 e. The number of ether oxygens (including phenoxy) is 2. The molecule has 0 spiro atoms. The number of halogens is 2. The minimum atomic E-state index is -0.536. The number of methoxy groups -OCH3 is 2. The number of rotatable bonds is 6. The van der Waals surface area contributed by atoms with Crippen LogP contribution in [-0.4, -0.2) is 38.2 Å². The van der Waals surface area contributed by atoms with Gasteiger partial charge in [-0.1, -0.05) is 23.7 Å². The Bertz CT molecular complexity index is 824. The molecule has 0 aliphatic heterocycles. The highest BCUT2D eigenvalue weighted by molar-refractivity contribution is 6.31. The first-order valence-electron chi connectivity index (χ1n) is 8.04. The van der Waals surface area contributed by atoms with Gasteiger partial charge in [0.05, 0.1) is 20.8 Å². The van der Waals surface area contributed by atoms with E-state index in [9.17, 15) is 14.0 Å². The summed E-state index contributed by atoms with van der Waals surface area (Å²) in [5.41, 5.74) is 1.19. The minimum Gasteiger partial charge on any atom is -0.496 e. The van der Waals surface area contributed by atoms with Crippen molar-refractivity contribution in [2.24, 2.45) is 0 Å². The summed E-state index contributed by atoms with van der Waals surface area (Å²) >= 11 is 5.99. The van der Waals surface area contributed by atoms with Crippen molar-refractivity contribution in [1.29, 1.82) is 0 Å². The van der Waals surface area contributed by atoms with Crippen LogP contribution in [0, 0.1) is 5.82 Å². The maximum atomic E-state index is 13.9. The molecule has 0 saturated carbocycles. The van der Waals surface area contributed by atoms with Gasteiger partial charge in [0.25, 0.3) is 0 Å². The van der Waals surface area contributed by atoms with Gasteiger partial charge in [-0.15, -0.1) is 0 Å². The van der Waals surface area contributed by atoms with Gasteiger partial charge in [0.15, 0.2) is 0 Å². The topological polar surface area (TPSA) is 67.9 Å². The van der Waals surface area contributed by atoms with Gasteiger partial charge in [-0.25, -0.2) is 14.0 Å². The molecule has 0 unspecified atom stereocenters. The third-order valence-electron chi connectivity index (χ3n) is 3.92. The zero-order valence-corrected chi connectivity index (χ0v) is 16.0. The van der Waals surface area contributed by atoms with Crippen LogP contribution in [0.2, 0.25) is 5.02 Å². The summed E-state index contributed by atoms with van der Waals surface area (Å²) in [6, 6.07) is 8.87. The number of nitrogens with one attached hydrogen (secondary N) is 1. The Labute approximate surface area is 161 Å². The van der Waals surface area contributed by atoms with Crippen LogP contribution in [0.4, 0.5) is 9.18 Å². The molecule has 2 aromatic carbocycles. The van der Waals surface area contributed by atoms with Crippen LogP contribution in [0.1, 0.15) is 21.5 Å². The fourth-order valence-corrected chi connectivity index (χ4v) is 2.66. The van der Waals surface area contributed by atoms with E-state index in [-0.39, 0.29) is 29.2 Å². The van der Waals surface area contributed by atoms with Gasteiger partial charge in [0.2, 0.25) is 0 Å². The van der Waals surface area contributed by atoms with E-state index in [2.05, 4.69) is 5.32 Å². The van der Waals surface area contributed by atoms with Crippen LogP contribution in [0.15, 0.2) is 36.4 Å². The molecule has 0 atom stereocenters. The second-order valence-corrected chi connectivity index (χ2v) is 6.15. The van der Waals surface area contributed by atoms with E-state index >= 15 is 0 Å². The molecule has 0 aliphatic carbocycles. The summed E-state index contributed by atoms with van der Waals surface area (Å²) in [6.07, 6.45) is 0. The minimum absolute atomic E-state index is 0.0212. The highest BCUT2D eigenvalue weighted by atomic mass is 35.5. The Kier molecular flexibility index (Phi) is 7.01. The van der Waals surface area contributed by atoms with Crippen molar-refractivity contribution in [3.8, 4) is 5.75 Å². The second-order valence-electron chi connectivity index (χ2n) is 5.74. The Hall–Kier alpha value is -2.80. The van der Waals surface area contributed by atoms with Crippen LogP contribution in [0.3, 0.4) is 0 Å². The number of esters is 1. The van der Waals surface area contributed by atoms with Gasteiger partial charge in [-0.3, -0.25) is 0 Å². The van der Waals surface area contributed by atoms with Crippen LogP contribution in [-0.2, 0) is 17.8 Å². The summed E-state index contributed by atoms with van der Waals surface area (Å²) < 4.78 is 23.7. The van der Waals surface area contributed by atoms with Crippen molar-refractivity contribution in [1.82, 2.24) is 10.2 Å². The lowest BCUT2D eigenvalue weighted by Crippen LogP contribution is -2.36. The average Bonchev–Trinajstić information content (AvgIpc) is 2.67. The normalized spacial score (nSPS) is 10.3. The summed E-state index contributed by atoms with van der Waals surface area (Å²) in [6.45, 7) is 0.190. The molecule has 0 saturated heterocycles. The molecule has 2 rings (SSSR count). The van der Waals surface area contributed by atoms with Gasteiger partial charge in [0.1, 0.15) is 17.1 Å². The number of carbonyl (C=O) groups is 2. The first-order chi connectivity index (χ1) is 12.9. The summed E-state index contributed by atoms with van der Waals surface area (Å²) in [4.78, 5) is 25.4. The predicted octanol–water partition coefficient (Wildman–Crippen LogP) is 3.62. The number of amides is 2. The molecule has 0 radical (unpaired) electrons. The van der Waals surface area contributed by atoms with Crippen molar-refractivity contribution < 1.29 is 23.5 Å². The van der Waals surface area contributed by atoms with Crippen molar-refractivity contribution >= 4 is 23.6 Å². The van der Waals surface area contributed by atoms with Crippen LogP contribution >= 0.6 is 11.6 Å². The van der Waals surface area contributed by atoms with E-state index in [1.54, 1.807) is 24.3 Å². The maximum Gasteiger partial charge on any atom is 0.341 e. The first kappa shape index (κ1) is 20.5. The van der Waals surface area contributed by atoms with Crippen molar-refractivity contribution in [2.75, 3.05) is 21.3 Å². The molecule has 0 fully saturated rings. The molecule has 0 heterocycles. The highest BCUT2D eigenvalue weighted by Gasteiger charge is 2.16. The number of urea groups is 1. The van der Waals surface area contributed by atoms with Gasteiger partial charge in [0, 0.05) is 24.2 Å². The Morgan fingerprint density at radius 3 is 2.59 bits per heavy atom. The van der Waals surface area contributed by atoms with Gasteiger partial charge >= 0.3 is 12.0 Å². The lowest BCUT2D eigenvalue weighted by atomic mass is 10.1. The molecule has 144 valence electrons. The maximum absolute atomic E-state index is 13.9. The van der Waals surface area contributed by atoms with Crippen LogP contribution in [0.25, 0.3) is 0 Å². The molecule has 6 nitrogen and oxygen atoms in total. The van der Waals surface area contributed by atoms with Crippen LogP contribution in [0.5, 0.6) is 5.75 Å². The quantitative estimate of drug-likeness (QED) is 0.760. The predicted molar refractivity (Wildman–Crippen MR) is 99.4 cm³/mol. The van der Waals surface area contributed by atoms with E-state index in [4.69, 9.17) is 21.1 Å². The lowest BCUT2D eigenvalue weighted by molar-refractivity contribution is 0.0597. The van der Waals surface area contributed by atoms with E-state index in [1.807, 2.05) is 0 Å². The SMILES string of the molecule is COC(=O)c1cc(CNC(=O)N(C)Cc2c(F)cccc2Cl)ccc1OC. The number of benzene rings is 2. The summed E-state index contributed by atoms with van der Waals surface area (Å²) in [5.74, 6) is -0.630. The molecule has 27 heavy (non-hydrogen) atoms. The third-order valence-corrected chi connectivity index (χ3v) is 4.27. The van der Waals surface area contributed by atoms with Crippen molar-refractivity contribution in [3.63, 3.8) is 0 Å². The van der Waals surface area contributed by atoms with E-state index in [0.717, 1.165) is 0 Å². The molecule has 0 aliphatic rings. The molecular formula is C19H20ClFN2O4. The zero-order chi connectivity index (χ0) is 20.0. The van der Waals surface area contributed by atoms with Crippen molar-refractivity contribution in [2.45, 2.75) is 13.1 Å². The van der Waals surface area contributed by atoms with Gasteiger partial charge < -0.3 is 19.7 Å².